The molecular weight excluding hydrogens is 456 g/mol. The van der Waals surface area contributed by atoms with Crippen LogP contribution in [0.4, 0.5) is 0 Å². The van der Waals surface area contributed by atoms with Gasteiger partial charge in [-0.1, -0.05) is 6.08 Å². The lowest BCUT2D eigenvalue weighted by Crippen LogP contribution is -2.62. The van der Waals surface area contributed by atoms with Gasteiger partial charge in [-0.25, -0.2) is 4.79 Å². The highest BCUT2D eigenvalue weighted by Crippen LogP contribution is 2.32. The van der Waals surface area contributed by atoms with Crippen molar-refractivity contribution in [3.63, 3.8) is 0 Å². The number of benzene rings is 1. The lowest BCUT2D eigenvalue weighted by atomic mass is 9.98. The summed E-state index contributed by atoms with van der Waals surface area (Å²) in [5.74, 6) is -0.475. The molecule has 0 bridgehead atoms. The Morgan fingerprint density at radius 3 is 2.47 bits per heavy atom. The Hall–Kier alpha value is -2.29. The first-order valence-corrected chi connectivity index (χ1v) is 10.7. The molecule has 6 N–H and O–H groups in total. The number of carbonyl (C=O) groups excluding carboxylic acids is 1. The molecule has 0 spiro atoms. The van der Waals surface area contributed by atoms with E-state index in [0.717, 1.165) is 0 Å². The van der Waals surface area contributed by atoms with Crippen LogP contribution in [-0.2, 0) is 23.7 Å². The number of phenolic OH excluding ortho intramolecular Hbond substituents is 1. The number of allylic oxidation sites excluding steroid dienone is 1. The van der Waals surface area contributed by atoms with Gasteiger partial charge in [-0.3, -0.25) is 0 Å². The number of rotatable bonds is 8. The minimum Gasteiger partial charge on any atom is -0.508 e. The van der Waals surface area contributed by atoms with Gasteiger partial charge in [0.2, 0.25) is 6.29 Å². The molecule has 0 aliphatic carbocycles. The van der Waals surface area contributed by atoms with Gasteiger partial charge in [-0.05, 0) is 38.1 Å². The van der Waals surface area contributed by atoms with E-state index in [-0.39, 0.29) is 11.5 Å². The van der Waals surface area contributed by atoms with Crippen molar-refractivity contribution in [3.8, 4) is 11.5 Å². The normalized spacial score (nSPS) is 36.3. The lowest BCUT2D eigenvalue weighted by Gasteiger charge is -2.42. The molecule has 0 saturated carbocycles. The molecule has 8 atom stereocenters. The van der Waals surface area contributed by atoms with Crippen molar-refractivity contribution in [2.75, 3.05) is 19.8 Å². The van der Waals surface area contributed by atoms with Crippen LogP contribution in [0.1, 0.15) is 13.8 Å². The molecule has 0 amide bonds. The van der Waals surface area contributed by atoms with Crippen molar-refractivity contribution in [2.24, 2.45) is 0 Å². The van der Waals surface area contributed by atoms with Gasteiger partial charge in [0.1, 0.15) is 42.5 Å². The number of hydrogen-bond acceptors (Lipinski definition) is 12. The Labute approximate surface area is 195 Å². The summed E-state index contributed by atoms with van der Waals surface area (Å²) < 4.78 is 27.2. The van der Waals surface area contributed by atoms with E-state index >= 15 is 0 Å². The number of aliphatic hydroxyl groups excluding tert-OH is 4. The van der Waals surface area contributed by atoms with E-state index in [0.29, 0.717) is 5.57 Å². The van der Waals surface area contributed by atoms with E-state index in [9.17, 15) is 35.4 Å². The zero-order valence-corrected chi connectivity index (χ0v) is 18.7. The van der Waals surface area contributed by atoms with Gasteiger partial charge in [-0.15, -0.1) is 0 Å². The largest absolute Gasteiger partial charge is 0.508 e. The Kier molecular flexibility index (Phi) is 8.49. The Balaban J connectivity index is 1.72. The van der Waals surface area contributed by atoms with Gasteiger partial charge in [0.05, 0.1) is 13.2 Å². The number of esters is 1. The SMILES string of the molecule is C/C=C(\C)C(=O)OC[C@@]1(O)CO[C@@H](O[C@H]2[C@H](Oc3ccc(O)cc3)O[C@H](CO)[C@@H](O)[C@@H]2O)[C@H]1O. The molecule has 0 radical (unpaired) electrons. The van der Waals surface area contributed by atoms with E-state index in [2.05, 4.69) is 0 Å². The predicted molar refractivity (Wildman–Crippen MR) is 112 cm³/mol. The average Bonchev–Trinajstić information content (AvgIpc) is 3.11. The summed E-state index contributed by atoms with van der Waals surface area (Å²) in [4.78, 5) is 11.9. The van der Waals surface area contributed by atoms with Gasteiger partial charge in [-0.2, -0.15) is 0 Å². The number of ether oxygens (including phenoxy) is 5. The summed E-state index contributed by atoms with van der Waals surface area (Å²) >= 11 is 0. The fourth-order valence-electron chi connectivity index (χ4n) is 3.43. The molecule has 0 aromatic heterocycles. The van der Waals surface area contributed by atoms with Crippen LogP contribution < -0.4 is 4.74 Å². The number of hydrogen-bond donors (Lipinski definition) is 6. The topological polar surface area (TPSA) is 185 Å². The first-order valence-electron chi connectivity index (χ1n) is 10.7. The quantitative estimate of drug-likeness (QED) is 0.186. The van der Waals surface area contributed by atoms with Gasteiger partial charge in [0.25, 0.3) is 0 Å². The monoisotopic (exact) mass is 486 g/mol. The van der Waals surface area contributed by atoms with Crippen molar-refractivity contribution in [1.82, 2.24) is 0 Å². The highest BCUT2D eigenvalue weighted by Gasteiger charge is 2.54. The van der Waals surface area contributed by atoms with Crippen molar-refractivity contribution >= 4 is 5.97 Å². The molecule has 0 unspecified atom stereocenters. The smallest absolute Gasteiger partial charge is 0.333 e. The third-order valence-corrected chi connectivity index (χ3v) is 5.72. The maximum absolute atomic E-state index is 11.9. The molecule has 2 heterocycles. The average molecular weight is 486 g/mol. The highest BCUT2D eigenvalue weighted by molar-refractivity contribution is 5.87. The van der Waals surface area contributed by atoms with Crippen molar-refractivity contribution in [1.29, 1.82) is 0 Å². The van der Waals surface area contributed by atoms with Gasteiger partial charge < -0.3 is 54.3 Å². The fourth-order valence-corrected chi connectivity index (χ4v) is 3.43. The van der Waals surface area contributed by atoms with Crippen LogP contribution in [0.15, 0.2) is 35.9 Å². The summed E-state index contributed by atoms with van der Waals surface area (Å²) in [5, 5.41) is 61.1. The first kappa shape index (κ1) is 26.3. The highest BCUT2D eigenvalue weighted by atomic mass is 16.8. The minimum absolute atomic E-state index is 0.0134. The van der Waals surface area contributed by atoms with Crippen LogP contribution in [0.25, 0.3) is 0 Å². The number of carbonyl (C=O) groups is 1. The van der Waals surface area contributed by atoms with Gasteiger partial charge in [0, 0.05) is 5.57 Å². The van der Waals surface area contributed by atoms with Gasteiger partial charge >= 0.3 is 5.97 Å². The first-order chi connectivity index (χ1) is 16.1. The molecule has 34 heavy (non-hydrogen) atoms. The van der Waals surface area contributed by atoms with Crippen LogP contribution in [-0.4, -0.2) is 105 Å². The Bertz CT molecular complexity index is 858. The minimum atomic E-state index is -1.99. The third-order valence-electron chi connectivity index (χ3n) is 5.72. The summed E-state index contributed by atoms with van der Waals surface area (Å²) in [7, 11) is 0. The molecular formula is C22H30O12. The summed E-state index contributed by atoms with van der Waals surface area (Å²) in [6, 6.07) is 5.54. The second-order valence-electron chi connectivity index (χ2n) is 8.19. The van der Waals surface area contributed by atoms with E-state index in [4.69, 9.17) is 23.7 Å². The van der Waals surface area contributed by atoms with Crippen LogP contribution in [0.3, 0.4) is 0 Å². The molecule has 190 valence electrons. The predicted octanol–water partition coefficient (Wildman–Crippen LogP) is -1.45. The Morgan fingerprint density at radius 2 is 1.85 bits per heavy atom. The van der Waals surface area contributed by atoms with E-state index in [1.807, 2.05) is 0 Å². The van der Waals surface area contributed by atoms with Crippen LogP contribution in [0, 0.1) is 0 Å². The number of aromatic hydroxyl groups is 1. The third kappa shape index (κ3) is 5.67. The molecule has 2 fully saturated rings. The van der Waals surface area contributed by atoms with Gasteiger partial charge in [0.15, 0.2) is 18.0 Å². The maximum atomic E-state index is 11.9. The molecule has 2 aliphatic rings. The molecule has 2 saturated heterocycles. The van der Waals surface area contributed by atoms with Crippen molar-refractivity contribution in [2.45, 2.75) is 62.5 Å². The fraction of sp³-hybridized carbons (Fsp3) is 0.591. The molecule has 1 aromatic rings. The second kappa shape index (κ2) is 11.0. The summed E-state index contributed by atoms with van der Waals surface area (Å²) in [6.45, 7) is 1.52. The zero-order valence-electron chi connectivity index (χ0n) is 18.7. The van der Waals surface area contributed by atoms with Crippen molar-refractivity contribution < 1.29 is 59.1 Å². The molecule has 12 heteroatoms. The second-order valence-corrected chi connectivity index (χ2v) is 8.19. The van der Waals surface area contributed by atoms with E-state index in [1.165, 1.54) is 37.3 Å². The molecule has 2 aliphatic heterocycles. The molecule has 3 rings (SSSR count). The van der Waals surface area contributed by atoms with Crippen molar-refractivity contribution in [3.05, 3.63) is 35.9 Å². The zero-order chi connectivity index (χ0) is 25.0. The summed E-state index contributed by atoms with van der Waals surface area (Å²) in [5.41, 5.74) is -1.68. The van der Waals surface area contributed by atoms with Crippen LogP contribution >= 0.6 is 0 Å². The lowest BCUT2D eigenvalue weighted by molar-refractivity contribution is -0.318. The molecule has 12 nitrogen and oxygen atoms in total. The van der Waals surface area contributed by atoms with E-state index in [1.54, 1.807) is 6.92 Å². The van der Waals surface area contributed by atoms with Crippen LogP contribution in [0.2, 0.25) is 0 Å². The van der Waals surface area contributed by atoms with Crippen LogP contribution in [0.5, 0.6) is 11.5 Å². The Morgan fingerprint density at radius 1 is 1.18 bits per heavy atom. The molecule has 1 aromatic carbocycles. The number of aliphatic hydroxyl groups is 5. The summed E-state index contributed by atoms with van der Waals surface area (Å²) in [6.07, 6.45) is -8.86. The number of phenols is 1. The maximum Gasteiger partial charge on any atom is 0.333 e. The van der Waals surface area contributed by atoms with E-state index < -0.39 is 74.5 Å². The standard InChI is InChI=1S/C22H30O12/c1-3-11(2)19(28)30-9-22(29)10-31-21(18(22)27)34-17-16(26)15(25)14(8-23)33-20(17)32-13-6-4-12(24)5-7-13/h3-7,14-18,20-21,23-27,29H,8-10H2,1-2H3/b11-3+/t14-,15-,16+,17-,18-,20-,21+,22-/m1/s1.